The molecule has 3 heterocycles. The standard InChI is InChI=1S/C22H23N3OS2/c26-22(20-3-1-2-4-21(20)28-17-19-7-14-27-16-19)25-12-10-24(11-13-25)15-18-5-8-23-9-6-18/h1-9,14,16H,10-13,15,17H2. The molecule has 0 N–H and O–H groups in total. The summed E-state index contributed by atoms with van der Waals surface area (Å²) in [6, 6.07) is 14.2. The van der Waals surface area contributed by atoms with Gasteiger partial charge in [0.2, 0.25) is 0 Å². The Hall–Kier alpha value is -2.15. The van der Waals surface area contributed by atoms with Gasteiger partial charge in [0, 0.05) is 55.8 Å². The molecule has 4 rings (SSSR count). The first kappa shape index (κ1) is 19.2. The third-order valence-corrected chi connectivity index (χ3v) is 6.78. The topological polar surface area (TPSA) is 36.4 Å². The molecule has 6 heteroatoms. The Labute approximate surface area is 174 Å². The number of pyridine rings is 1. The smallest absolute Gasteiger partial charge is 0.255 e. The first-order valence-electron chi connectivity index (χ1n) is 9.43. The number of aromatic nitrogens is 1. The molecule has 1 saturated heterocycles. The van der Waals surface area contributed by atoms with E-state index in [-0.39, 0.29) is 5.91 Å². The van der Waals surface area contributed by atoms with Crippen molar-refractivity contribution in [2.24, 2.45) is 0 Å². The monoisotopic (exact) mass is 409 g/mol. The Morgan fingerprint density at radius 2 is 1.79 bits per heavy atom. The van der Waals surface area contributed by atoms with Gasteiger partial charge in [0.15, 0.2) is 0 Å². The number of thiophene rings is 1. The molecule has 0 saturated carbocycles. The van der Waals surface area contributed by atoms with E-state index in [9.17, 15) is 4.79 Å². The largest absolute Gasteiger partial charge is 0.336 e. The maximum absolute atomic E-state index is 13.1. The molecule has 0 atom stereocenters. The van der Waals surface area contributed by atoms with E-state index in [0.717, 1.165) is 48.9 Å². The molecule has 28 heavy (non-hydrogen) atoms. The highest BCUT2D eigenvalue weighted by atomic mass is 32.2. The van der Waals surface area contributed by atoms with Gasteiger partial charge in [-0.25, -0.2) is 0 Å². The lowest BCUT2D eigenvalue weighted by atomic mass is 10.1. The number of carbonyl (C=O) groups is 1. The predicted octanol–water partition coefficient (Wildman–Crippen LogP) is 4.39. The van der Waals surface area contributed by atoms with Gasteiger partial charge in [0.05, 0.1) is 5.56 Å². The van der Waals surface area contributed by atoms with Crippen LogP contribution in [0.15, 0.2) is 70.5 Å². The molecule has 2 aromatic heterocycles. The molecule has 0 radical (unpaired) electrons. The van der Waals surface area contributed by atoms with Gasteiger partial charge in [-0.3, -0.25) is 14.7 Å². The van der Waals surface area contributed by atoms with Crippen LogP contribution in [0, 0.1) is 0 Å². The summed E-state index contributed by atoms with van der Waals surface area (Å²) in [5.41, 5.74) is 3.40. The molecule has 0 spiro atoms. The zero-order valence-corrected chi connectivity index (χ0v) is 17.3. The molecule has 4 nitrogen and oxygen atoms in total. The maximum atomic E-state index is 13.1. The lowest BCUT2D eigenvalue weighted by Gasteiger charge is -2.35. The van der Waals surface area contributed by atoms with Crippen molar-refractivity contribution in [1.29, 1.82) is 0 Å². The summed E-state index contributed by atoms with van der Waals surface area (Å²) >= 11 is 3.45. The zero-order valence-electron chi connectivity index (χ0n) is 15.7. The van der Waals surface area contributed by atoms with Crippen molar-refractivity contribution >= 4 is 29.0 Å². The van der Waals surface area contributed by atoms with E-state index in [0.29, 0.717) is 0 Å². The summed E-state index contributed by atoms with van der Waals surface area (Å²) in [7, 11) is 0. The third kappa shape index (κ3) is 4.82. The van der Waals surface area contributed by atoms with Gasteiger partial charge in [0.1, 0.15) is 0 Å². The molecule has 1 aliphatic rings. The van der Waals surface area contributed by atoms with Crippen molar-refractivity contribution in [3.63, 3.8) is 0 Å². The number of carbonyl (C=O) groups excluding carboxylic acids is 1. The molecular formula is C22H23N3OS2. The van der Waals surface area contributed by atoms with E-state index in [1.807, 2.05) is 35.5 Å². The molecule has 0 aliphatic carbocycles. The van der Waals surface area contributed by atoms with Crippen LogP contribution < -0.4 is 0 Å². The summed E-state index contributed by atoms with van der Waals surface area (Å²) in [4.78, 5) is 22.7. The van der Waals surface area contributed by atoms with Crippen LogP contribution in [-0.4, -0.2) is 46.9 Å². The molecule has 0 unspecified atom stereocenters. The fourth-order valence-electron chi connectivity index (χ4n) is 3.33. The van der Waals surface area contributed by atoms with Crippen molar-refractivity contribution in [2.45, 2.75) is 17.2 Å². The van der Waals surface area contributed by atoms with Gasteiger partial charge in [-0.1, -0.05) is 12.1 Å². The van der Waals surface area contributed by atoms with Gasteiger partial charge >= 0.3 is 0 Å². The lowest BCUT2D eigenvalue weighted by Crippen LogP contribution is -2.48. The Morgan fingerprint density at radius 1 is 1.00 bits per heavy atom. The quantitative estimate of drug-likeness (QED) is 0.566. The van der Waals surface area contributed by atoms with Crippen LogP contribution in [0.4, 0.5) is 0 Å². The van der Waals surface area contributed by atoms with E-state index < -0.39 is 0 Å². The first-order chi connectivity index (χ1) is 13.8. The number of hydrogen-bond donors (Lipinski definition) is 0. The SMILES string of the molecule is O=C(c1ccccc1SCc1ccsc1)N1CCN(Cc2ccncc2)CC1. The van der Waals surface area contributed by atoms with Crippen molar-refractivity contribution < 1.29 is 4.79 Å². The molecule has 0 bridgehead atoms. The van der Waals surface area contributed by atoms with Crippen molar-refractivity contribution in [2.75, 3.05) is 26.2 Å². The second-order valence-corrected chi connectivity index (χ2v) is 8.64. The number of thioether (sulfide) groups is 1. The fraction of sp³-hybridized carbons (Fsp3) is 0.273. The Kier molecular flexibility index (Phi) is 6.41. The van der Waals surface area contributed by atoms with Gasteiger partial charge in [0.25, 0.3) is 5.91 Å². The summed E-state index contributed by atoms with van der Waals surface area (Å²) in [5, 5.41) is 4.26. The van der Waals surface area contributed by atoms with Crippen LogP contribution in [0.3, 0.4) is 0 Å². The van der Waals surface area contributed by atoms with Crippen LogP contribution in [0.25, 0.3) is 0 Å². The number of amides is 1. The normalized spacial score (nSPS) is 14.9. The van der Waals surface area contributed by atoms with Crippen LogP contribution in [0.5, 0.6) is 0 Å². The molecule has 1 fully saturated rings. The predicted molar refractivity (Wildman–Crippen MR) is 116 cm³/mol. The first-order valence-corrected chi connectivity index (χ1v) is 11.4. The molecule has 1 aromatic carbocycles. The number of benzene rings is 1. The van der Waals surface area contributed by atoms with Crippen LogP contribution in [-0.2, 0) is 12.3 Å². The summed E-state index contributed by atoms with van der Waals surface area (Å²) in [6.45, 7) is 4.26. The van der Waals surface area contributed by atoms with Gasteiger partial charge in [-0.15, -0.1) is 11.8 Å². The Balaban J connectivity index is 1.36. The van der Waals surface area contributed by atoms with Gasteiger partial charge in [-0.2, -0.15) is 11.3 Å². The summed E-state index contributed by atoms with van der Waals surface area (Å²) in [6.07, 6.45) is 3.67. The van der Waals surface area contributed by atoms with Gasteiger partial charge < -0.3 is 4.90 Å². The van der Waals surface area contributed by atoms with E-state index in [1.165, 1.54) is 11.1 Å². The van der Waals surface area contributed by atoms with Crippen molar-refractivity contribution in [3.05, 3.63) is 82.3 Å². The van der Waals surface area contributed by atoms with E-state index in [2.05, 4.69) is 44.9 Å². The maximum Gasteiger partial charge on any atom is 0.255 e. The van der Waals surface area contributed by atoms with E-state index in [4.69, 9.17) is 0 Å². The summed E-state index contributed by atoms with van der Waals surface area (Å²) in [5.74, 6) is 1.05. The molecular weight excluding hydrogens is 386 g/mol. The van der Waals surface area contributed by atoms with Crippen molar-refractivity contribution in [1.82, 2.24) is 14.8 Å². The average Bonchev–Trinajstić information content (AvgIpc) is 3.27. The minimum atomic E-state index is 0.150. The molecule has 1 aliphatic heterocycles. The number of hydrogen-bond acceptors (Lipinski definition) is 5. The van der Waals surface area contributed by atoms with E-state index in [1.54, 1.807) is 23.1 Å². The highest BCUT2D eigenvalue weighted by Crippen LogP contribution is 2.28. The second-order valence-electron chi connectivity index (χ2n) is 6.84. The number of piperazine rings is 1. The Morgan fingerprint density at radius 3 is 2.54 bits per heavy atom. The van der Waals surface area contributed by atoms with Crippen molar-refractivity contribution in [3.8, 4) is 0 Å². The number of nitrogens with zero attached hydrogens (tertiary/aromatic N) is 3. The van der Waals surface area contributed by atoms with Crippen LogP contribution >= 0.6 is 23.1 Å². The summed E-state index contributed by atoms with van der Waals surface area (Å²) < 4.78 is 0. The second kappa shape index (κ2) is 9.37. The highest BCUT2D eigenvalue weighted by Gasteiger charge is 2.23. The minimum absolute atomic E-state index is 0.150. The minimum Gasteiger partial charge on any atom is -0.336 e. The third-order valence-electron chi connectivity index (χ3n) is 4.91. The average molecular weight is 410 g/mol. The zero-order chi connectivity index (χ0) is 19.2. The highest BCUT2D eigenvalue weighted by molar-refractivity contribution is 7.98. The van der Waals surface area contributed by atoms with E-state index >= 15 is 0 Å². The van der Waals surface area contributed by atoms with Gasteiger partial charge in [-0.05, 0) is 52.2 Å². The lowest BCUT2D eigenvalue weighted by molar-refractivity contribution is 0.0625. The van der Waals surface area contributed by atoms with Crippen LogP contribution in [0.1, 0.15) is 21.5 Å². The fourth-order valence-corrected chi connectivity index (χ4v) is 5.09. The Bertz CT molecular complexity index is 891. The van der Waals surface area contributed by atoms with Crippen LogP contribution in [0.2, 0.25) is 0 Å². The molecule has 144 valence electrons. The molecule has 1 amide bonds. The number of rotatable bonds is 6. The molecule has 3 aromatic rings.